The molecule has 1 fully saturated rings. The molecule has 3 rings (SSSR count). The van der Waals surface area contributed by atoms with Crippen LogP contribution in [0.1, 0.15) is 122 Å². The highest BCUT2D eigenvalue weighted by Gasteiger charge is 2.44. The molecule has 0 aromatic rings. The van der Waals surface area contributed by atoms with Crippen molar-refractivity contribution in [2.45, 2.75) is 152 Å². The van der Waals surface area contributed by atoms with Crippen LogP contribution in [0, 0.1) is 22.7 Å². The molecule has 7 heteroatoms. The fourth-order valence-corrected chi connectivity index (χ4v) is 8.85. The second-order valence-electron chi connectivity index (χ2n) is 19.5. The molecular weight excluding hydrogens is 785 g/mol. The van der Waals surface area contributed by atoms with Gasteiger partial charge in [0, 0.05) is 0 Å². The third-order valence-electron chi connectivity index (χ3n) is 13.5. The van der Waals surface area contributed by atoms with E-state index in [1.165, 1.54) is 45.4 Å². The fourth-order valence-electron chi connectivity index (χ4n) is 8.85. The molecular formula is C56H82O7. The molecule has 1 aliphatic heterocycles. The third-order valence-corrected chi connectivity index (χ3v) is 13.5. The van der Waals surface area contributed by atoms with Crippen LogP contribution in [0.15, 0.2) is 153 Å². The Hall–Kier alpha value is -3.66. The van der Waals surface area contributed by atoms with Crippen molar-refractivity contribution in [1.29, 1.82) is 0 Å². The predicted octanol–water partition coefficient (Wildman–Crippen LogP) is 11.5. The summed E-state index contributed by atoms with van der Waals surface area (Å²) < 4.78 is 11.3. The van der Waals surface area contributed by atoms with Gasteiger partial charge in [-0.05, 0) is 128 Å². The smallest absolute Gasteiger partial charge is 0.187 e. The summed E-state index contributed by atoms with van der Waals surface area (Å²) in [6.45, 7) is 26.2. The van der Waals surface area contributed by atoms with E-state index in [-0.39, 0.29) is 24.0 Å². The number of hydrogen-bond acceptors (Lipinski definition) is 7. The van der Waals surface area contributed by atoms with Crippen LogP contribution in [0.5, 0.6) is 0 Å². The molecule has 63 heavy (non-hydrogen) atoms. The monoisotopic (exact) mass is 867 g/mol. The number of ether oxygens (including phenoxy) is 2. The van der Waals surface area contributed by atoms with E-state index in [9.17, 15) is 25.5 Å². The average Bonchev–Trinajstić information content (AvgIpc) is 3.22. The van der Waals surface area contributed by atoms with Gasteiger partial charge in [0.1, 0.15) is 24.4 Å². The minimum Gasteiger partial charge on any atom is -0.394 e. The highest BCUT2D eigenvalue weighted by atomic mass is 16.7. The van der Waals surface area contributed by atoms with Crippen molar-refractivity contribution in [2.24, 2.45) is 22.7 Å². The summed E-state index contributed by atoms with van der Waals surface area (Å²) in [6, 6.07) is 0. The van der Waals surface area contributed by atoms with Gasteiger partial charge in [-0.1, -0.05) is 169 Å². The highest BCUT2D eigenvalue weighted by molar-refractivity contribution is 5.40. The summed E-state index contributed by atoms with van der Waals surface area (Å²) in [4.78, 5) is 0. The van der Waals surface area contributed by atoms with Gasteiger partial charge in [-0.3, -0.25) is 0 Å². The number of allylic oxidation sites excluding steroid dienone is 24. The Morgan fingerprint density at radius 1 is 0.603 bits per heavy atom. The maximum atomic E-state index is 10.3. The second kappa shape index (κ2) is 25.7. The van der Waals surface area contributed by atoms with E-state index >= 15 is 0 Å². The lowest BCUT2D eigenvalue weighted by Crippen LogP contribution is -2.59. The molecule has 7 atom stereocenters. The number of rotatable bonds is 19. The molecule has 0 amide bonds. The van der Waals surface area contributed by atoms with Crippen LogP contribution >= 0.6 is 0 Å². The van der Waals surface area contributed by atoms with E-state index in [2.05, 4.69) is 166 Å². The van der Waals surface area contributed by atoms with Gasteiger partial charge in [0.25, 0.3) is 0 Å². The normalized spacial score (nSPS) is 28.7. The lowest BCUT2D eigenvalue weighted by molar-refractivity contribution is -0.299. The summed E-state index contributed by atoms with van der Waals surface area (Å²) >= 11 is 0. The molecule has 1 saturated heterocycles. The molecule has 7 nitrogen and oxygen atoms in total. The van der Waals surface area contributed by atoms with Crippen LogP contribution in [0.4, 0.5) is 0 Å². The molecule has 0 aromatic carbocycles. The van der Waals surface area contributed by atoms with E-state index < -0.39 is 37.3 Å². The van der Waals surface area contributed by atoms with E-state index in [1.807, 2.05) is 13.8 Å². The first kappa shape index (κ1) is 53.7. The largest absolute Gasteiger partial charge is 0.394 e. The maximum Gasteiger partial charge on any atom is 0.187 e. The van der Waals surface area contributed by atoms with E-state index in [1.54, 1.807) is 0 Å². The van der Waals surface area contributed by atoms with Crippen molar-refractivity contribution >= 4 is 0 Å². The quantitative estimate of drug-likeness (QED) is 0.0648. The molecule has 0 aromatic heterocycles. The molecule has 3 aliphatic rings. The zero-order valence-electron chi connectivity index (χ0n) is 40.7. The third kappa shape index (κ3) is 16.4. The lowest BCUT2D eigenvalue weighted by atomic mass is 9.64. The first-order valence-electron chi connectivity index (χ1n) is 23.0. The first-order valence-corrected chi connectivity index (χ1v) is 23.0. The average molecular weight is 867 g/mol. The second-order valence-corrected chi connectivity index (χ2v) is 19.5. The van der Waals surface area contributed by atoms with Crippen molar-refractivity contribution in [1.82, 2.24) is 0 Å². The van der Waals surface area contributed by atoms with Crippen molar-refractivity contribution in [2.75, 3.05) is 19.8 Å². The van der Waals surface area contributed by atoms with Crippen LogP contribution in [0.25, 0.3) is 0 Å². The molecule has 0 saturated carbocycles. The number of hydrogen-bond donors (Lipinski definition) is 5. The van der Waals surface area contributed by atoms with Crippen LogP contribution < -0.4 is 0 Å². The molecule has 0 unspecified atom stereocenters. The maximum absolute atomic E-state index is 10.3. The minimum atomic E-state index is -1.45. The SMILES string of the molecule is CC1=C(/C=C/C(C)=C/C=C/C(C)=C/C=C/C=C(C)/C=C/C=C(C)/C=C/C2=C(C)CC[C@H](C/C=C(\C)CO[C@@H]3O[C@H](CO)[C@@H](O)[C@H](O)[C@H]3O)C2(C)C)C(C)(C)[C@@H](C/C=C(\C)CO)CC1. The van der Waals surface area contributed by atoms with Crippen LogP contribution in [0.3, 0.4) is 0 Å². The zero-order chi connectivity index (χ0) is 46.9. The Labute approximate surface area is 381 Å². The van der Waals surface area contributed by atoms with Crippen LogP contribution in [-0.4, -0.2) is 76.1 Å². The van der Waals surface area contributed by atoms with E-state index in [0.29, 0.717) is 11.8 Å². The van der Waals surface area contributed by atoms with Gasteiger partial charge in [-0.25, -0.2) is 0 Å². The fraction of sp³-hybridized carbons (Fsp3) is 0.536. The zero-order valence-corrected chi connectivity index (χ0v) is 40.7. The summed E-state index contributed by atoms with van der Waals surface area (Å²) in [5.41, 5.74) is 12.6. The van der Waals surface area contributed by atoms with Crippen LogP contribution in [-0.2, 0) is 9.47 Å². The summed E-state index contributed by atoms with van der Waals surface area (Å²) in [5, 5.41) is 49.3. The minimum absolute atomic E-state index is 0.0288. The molecule has 1 heterocycles. The summed E-state index contributed by atoms with van der Waals surface area (Å²) in [5.74, 6) is 0.999. The van der Waals surface area contributed by atoms with Gasteiger partial charge in [-0.2, -0.15) is 0 Å². The van der Waals surface area contributed by atoms with Gasteiger partial charge in [-0.15, -0.1) is 0 Å². The molecule has 5 N–H and O–H groups in total. The predicted molar refractivity (Wildman–Crippen MR) is 263 cm³/mol. The van der Waals surface area contributed by atoms with Gasteiger partial charge < -0.3 is 35.0 Å². The standard InChI is InChI=1S/C56H82O7/c1-38(19-15-21-40(3)25-33-48-44(7)27-31-46(55(48,9)10)29-23-42(5)35-57)17-13-14-18-39(2)20-16-22-41(4)26-34-49-45(8)28-32-47(56(49,11)12)30-24-43(6)37-62-54-53(61)52(60)51(59)50(36-58)63-54/h13-26,33-34,46-47,50-54,57-61H,27-32,35-37H2,1-12H3/b14-13+,19-15+,20-16+,33-25+,34-26+,38-17+,39-18+,40-21+,41-22+,42-23+,43-24+/t46-,47-,50+,51+,52-,53+,54+/m0/s1. The molecule has 0 spiro atoms. The molecule has 0 radical (unpaired) electrons. The number of aliphatic hydroxyl groups excluding tert-OH is 5. The topological polar surface area (TPSA) is 120 Å². The Bertz CT molecular complexity index is 1930. The highest BCUT2D eigenvalue weighted by Crippen LogP contribution is 2.48. The van der Waals surface area contributed by atoms with Crippen LogP contribution in [0.2, 0.25) is 0 Å². The van der Waals surface area contributed by atoms with Crippen molar-refractivity contribution < 1.29 is 35.0 Å². The lowest BCUT2D eigenvalue weighted by Gasteiger charge is -2.41. The van der Waals surface area contributed by atoms with E-state index in [4.69, 9.17) is 9.47 Å². The van der Waals surface area contributed by atoms with Gasteiger partial charge >= 0.3 is 0 Å². The summed E-state index contributed by atoms with van der Waals surface area (Å²) in [6.07, 6.45) is 34.6. The van der Waals surface area contributed by atoms with Crippen molar-refractivity contribution in [3.63, 3.8) is 0 Å². The van der Waals surface area contributed by atoms with Crippen molar-refractivity contribution in [3.05, 3.63) is 153 Å². The summed E-state index contributed by atoms with van der Waals surface area (Å²) in [7, 11) is 0. The van der Waals surface area contributed by atoms with E-state index in [0.717, 1.165) is 48.8 Å². The van der Waals surface area contributed by atoms with Gasteiger partial charge in [0.05, 0.1) is 19.8 Å². The van der Waals surface area contributed by atoms with Gasteiger partial charge in [0.2, 0.25) is 0 Å². The Morgan fingerprint density at radius 3 is 1.48 bits per heavy atom. The van der Waals surface area contributed by atoms with Crippen molar-refractivity contribution in [3.8, 4) is 0 Å². The molecule has 2 aliphatic carbocycles. The molecule has 348 valence electrons. The van der Waals surface area contributed by atoms with Gasteiger partial charge in [0.15, 0.2) is 6.29 Å². The Balaban J connectivity index is 1.51. The Morgan fingerprint density at radius 2 is 1.03 bits per heavy atom. The number of aliphatic hydroxyl groups is 5. The first-order chi connectivity index (χ1) is 29.7. The molecule has 0 bridgehead atoms. The Kier molecular flexibility index (Phi) is 21.9.